The second kappa shape index (κ2) is 7.09. The van der Waals surface area contributed by atoms with E-state index in [1.807, 2.05) is 44.2 Å². The number of nitrogens with zero attached hydrogens (tertiary/aromatic N) is 2. The molecule has 0 unspecified atom stereocenters. The summed E-state index contributed by atoms with van der Waals surface area (Å²) in [7, 11) is 1.77. The van der Waals surface area contributed by atoms with Gasteiger partial charge in [-0.25, -0.2) is 4.79 Å². The molecule has 1 atom stereocenters. The molecule has 2 N–H and O–H groups in total. The van der Waals surface area contributed by atoms with E-state index in [-0.39, 0.29) is 18.0 Å². The number of hydrogen-bond acceptors (Lipinski definition) is 3. The van der Waals surface area contributed by atoms with E-state index in [0.717, 1.165) is 11.3 Å². The monoisotopic (exact) mass is 315 g/mol. The van der Waals surface area contributed by atoms with E-state index >= 15 is 0 Å². The highest BCUT2D eigenvalue weighted by molar-refractivity contribution is 5.95. The van der Waals surface area contributed by atoms with Gasteiger partial charge in [0.1, 0.15) is 11.7 Å². The van der Waals surface area contributed by atoms with Crippen LogP contribution in [0, 0.1) is 0 Å². The van der Waals surface area contributed by atoms with E-state index in [2.05, 4.69) is 10.4 Å². The number of benzene rings is 1. The number of carboxylic acid groups (broad SMARTS) is 1. The Morgan fingerprint density at radius 2 is 1.91 bits per heavy atom. The van der Waals surface area contributed by atoms with Crippen LogP contribution in [0.3, 0.4) is 0 Å². The maximum atomic E-state index is 12.3. The molecule has 0 aliphatic carbocycles. The van der Waals surface area contributed by atoms with Gasteiger partial charge < -0.3 is 10.4 Å². The summed E-state index contributed by atoms with van der Waals surface area (Å²) in [6.45, 7) is 4.02. The van der Waals surface area contributed by atoms with Crippen molar-refractivity contribution in [2.45, 2.75) is 32.2 Å². The molecule has 0 aliphatic rings. The molecule has 0 radical (unpaired) electrons. The maximum Gasteiger partial charge on any atom is 0.326 e. The van der Waals surface area contributed by atoms with E-state index < -0.39 is 17.9 Å². The van der Waals surface area contributed by atoms with Crippen molar-refractivity contribution in [3.63, 3.8) is 0 Å². The molecule has 0 spiro atoms. The number of aliphatic carboxylic acids is 1. The zero-order chi connectivity index (χ0) is 17.0. The van der Waals surface area contributed by atoms with Gasteiger partial charge in [0.15, 0.2) is 0 Å². The number of rotatable bonds is 6. The third kappa shape index (κ3) is 4.18. The molecule has 1 aromatic carbocycles. The van der Waals surface area contributed by atoms with E-state index in [1.54, 1.807) is 17.8 Å². The summed E-state index contributed by atoms with van der Waals surface area (Å²) in [6, 6.07) is 9.91. The van der Waals surface area contributed by atoms with Gasteiger partial charge in [0.25, 0.3) is 5.91 Å². The third-order valence-corrected chi connectivity index (χ3v) is 3.63. The second-order valence-corrected chi connectivity index (χ2v) is 5.79. The molecule has 122 valence electrons. The van der Waals surface area contributed by atoms with Crippen LogP contribution in [0.5, 0.6) is 0 Å². The molecule has 2 aromatic rings. The minimum absolute atomic E-state index is 0.228. The van der Waals surface area contributed by atoms with Crippen molar-refractivity contribution >= 4 is 11.9 Å². The summed E-state index contributed by atoms with van der Waals surface area (Å²) in [6.07, 6.45) is 0.228. The first-order valence-electron chi connectivity index (χ1n) is 7.50. The van der Waals surface area contributed by atoms with Gasteiger partial charge in [-0.2, -0.15) is 5.10 Å². The highest BCUT2D eigenvalue weighted by Crippen LogP contribution is 2.15. The van der Waals surface area contributed by atoms with Crippen LogP contribution in [-0.2, 0) is 18.3 Å². The number of nitrogens with one attached hydrogen (secondary N) is 1. The number of carboxylic acids is 1. The molecule has 0 bridgehead atoms. The van der Waals surface area contributed by atoms with Crippen LogP contribution >= 0.6 is 0 Å². The Morgan fingerprint density at radius 1 is 1.26 bits per heavy atom. The first-order chi connectivity index (χ1) is 10.9. The Hall–Kier alpha value is -2.63. The molecular weight excluding hydrogens is 294 g/mol. The van der Waals surface area contributed by atoms with Crippen LogP contribution in [0.1, 0.15) is 41.5 Å². The van der Waals surface area contributed by atoms with Crippen molar-refractivity contribution in [2.24, 2.45) is 7.05 Å². The average Bonchev–Trinajstić information content (AvgIpc) is 2.89. The lowest BCUT2D eigenvalue weighted by molar-refractivity contribution is -0.139. The molecule has 0 saturated heterocycles. The van der Waals surface area contributed by atoms with Crippen LogP contribution in [-0.4, -0.2) is 32.8 Å². The number of carbonyl (C=O) groups is 2. The highest BCUT2D eigenvalue weighted by atomic mass is 16.4. The summed E-state index contributed by atoms with van der Waals surface area (Å²) in [5, 5.41) is 16.0. The Balaban J connectivity index is 2.12. The van der Waals surface area contributed by atoms with Crippen LogP contribution < -0.4 is 5.32 Å². The Kier molecular flexibility index (Phi) is 5.16. The first kappa shape index (κ1) is 16.7. The number of aromatic nitrogens is 2. The standard InChI is InChI=1S/C17H21N3O3/c1-11(2)15-10-13(19-20(15)3)16(21)18-14(17(22)23)9-12-7-5-4-6-8-12/h4-8,10-11,14H,9H2,1-3H3,(H,18,21)(H,22,23)/t14-/m0/s1. The Labute approximate surface area is 135 Å². The Bertz CT molecular complexity index is 692. The third-order valence-electron chi connectivity index (χ3n) is 3.63. The Morgan fingerprint density at radius 3 is 2.43 bits per heavy atom. The molecule has 6 nitrogen and oxygen atoms in total. The minimum atomic E-state index is -1.07. The fraction of sp³-hybridized carbons (Fsp3) is 0.353. The van der Waals surface area contributed by atoms with Gasteiger partial charge in [0.05, 0.1) is 0 Å². The lowest BCUT2D eigenvalue weighted by Crippen LogP contribution is -2.42. The van der Waals surface area contributed by atoms with Crippen LogP contribution in [0.4, 0.5) is 0 Å². The maximum absolute atomic E-state index is 12.3. The number of amides is 1. The molecule has 1 amide bonds. The molecule has 6 heteroatoms. The lowest BCUT2D eigenvalue weighted by atomic mass is 10.1. The van der Waals surface area contributed by atoms with E-state index in [4.69, 9.17) is 0 Å². The summed E-state index contributed by atoms with van der Waals surface area (Å²) >= 11 is 0. The van der Waals surface area contributed by atoms with Gasteiger partial charge in [-0.15, -0.1) is 0 Å². The molecule has 2 rings (SSSR count). The van der Waals surface area contributed by atoms with Gasteiger partial charge in [-0.05, 0) is 17.5 Å². The zero-order valence-electron chi connectivity index (χ0n) is 13.5. The molecule has 0 saturated carbocycles. The van der Waals surface area contributed by atoms with E-state index in [0.29, 0.717) is 0 Å². The van der Waals surface area contributed by atoms with Gasteiger partial charge in [-0.1, -0.05) is 44.2 Å². The molecule has 1 aromatic heterocycles. The fourth-order valence-electron chi connectivity index (χ4n) is 2.42. The van der Waals surface area contributed by atoms with Crippen molar-refractivity contribution in [3.05, 3.63) is 53.3 Å². The second-order valence-electron chi connectivity index (χ2n) is 5.79. The summed E-state index contributed by atoms with van der Waals surface area (Å²) in [5.74, 6) is -1.31. The smallest absolute Gasteiger partial charge is 0.326 e. The molecule has 23 heavy (non-hydrogen) atoms. The van der Waals surface area contributed by atoms with Crippen LogP contribution in [0.25, 0.3) is 0 Å². The highest BCUT2D eigenvalue weighted by Gasteiger charge is 2.23. The van der Waals surface area contributed by atoms with Gasteiger partial charge >= 0.3 is 5.97 Å². The molecule has 0 aliphatic heterocycles. The van der Waals surface area contributed by atoms with Crippen molar-refractivity contribution in [1.82, 2.24) is 15.1 Å². The molecular formula is C17H21N3O3. The number of aryl methyl sites for hydroxylation is 1. The first-order valence-corrected chi connectivity index (χ1v) is 7.50. The summed E-state index contributed by atoms with van der Waals surface area (Å²) in [5.41, 5.74) is 2.00. The topological polar surface area (TPSA) is 84.2 Å². The fourth-order valence-corrected chi connectivity index (χ4v) is 2.42. The molecule has 0 fully saturated rings. The normalized spacial score (nSPS) is 12.2. The van der Waals surface area contributed by atoms with Crippen LogP contribution in [0.15, 0.2) is 36.4 Å². The van der Waals surface area contributed by atoms with Crippen molar-refractivity contribution in [1.29, 1.82) is 0 Å². The lowest BCUT2D eigenvalue weighted by Gasteiger charge is -2.13. The SMILES string of the molecule is CC(C)c1cc(C(=O)N[C@@H](Cc2ccccc2)C(=O)O)nn1C. The number of carbonyl (C=O) groups excluding carboxylic acids is 1. The van der Waals surface area contributed by atoms with Gasteiger partial charge in [0, 0.05) is 19.2 Å². The van der Waals surface area contributed by atoms with E-state index in [1.165, 1.54) is 0 Å². The zero-order valence-corrected chi connectivity index (χ0v) is 13.5. The number of hydrogen-bond donors (Lipinski definition) is 2. The largest absolute Gasteiger partial charge is 0.480 e. The average molecular weight is 315 g/mol. The molecule has 1 heterocycles. The van der Waals surface area contributed by atoms with Gasteiger partial charge in [-0.3, -0.25) is 9.48 Å². The predicted molar refractivity (Wildman–Crippen MR) is 86.3 cm³/mol. The summed E-state index contributed by atoms with van der Waals surface area (Å²) in [4.78, 5) is 23.7. The minimum Gasteiger partial charge on any atom is -0.480 e. The van der Waals surface area contributed by atoms with Crippen molar-refractivity contribution < 1.29 is 14.7 Å². The predicted octanol–water partition coefficient (Wildman–Crippen LogP) is 1.97. The van der Waals surface area contributed by atoms with Crippen molar-refractivity contribution in [2.75, 3.05) is 0 Å². The van der Waals surface area contributed by atoms with Gasteiger partial charge in [0.2, 0.25) is 0 Å². The van der Waals surface area contributed by atoms with E-state index in [9.17, 15) is 14.7 Å². The van der Waals surface area contributed by atoms with Crippen LogP contribution in [0.2, 0.25) is 0 Å². The van der Waals surface area contributed by atoms with Crippen molar-refractivity contribution in [3.8, 4) is 0 Å². The summed E-state index contributed by atoms with van der Waals surface area (Å²) < 4.78 is 1.65. The quantitative estimate of drug-likeness (QED) is 0.853.